The largest absolute Gasteiger partial charge is 0.357 e. The first-order valence-electron chi connectivity index (χ1n) is 7.10. The summed E-state index contributed by atoms with van der Waals surface area (Å²) in [7, 11) is -2.90. The number of rotatable bonds is 10. The molecule has 2 N–H and O–H groups in total. The van der Waals surface area contributed by atoms with E-state index in [1.54, 1.807) is 0 Å². The Kier molecular flexibility index (Phi) is 11.0. The van der Waals surface area contributed by atoms with Gasteiger partial charge >= 0.3 is 0 Å². The lowest BCUT2D eigenvalue weighted by Crippen LogP contribution is -2.42. The van der Waals surface area contributed by atoms with E-state index in [9.17, 15) is 8.42 Å². The number of thioether (sulfide) groups is 1. The maximum atomic E-state index is 11.1. The topological polar surface area (TPSA) is 70.6 Å². The number of nitrogens with one attached hydrogen (secondary N) is 2. The highest BCUT2D eigenvalue weighted by Crippen LogP contribution is 1.99. The molecule has 0 radical (unpaired) electrons. The van der Waals surface area contributed by atoms with Crippen LogP contribution in [-0.2, 0) is 9.84 Å². The summed E-state index contributed by atoms with van der Waals surface area (Å²) < 4.78 is 22.3. The molecule has 0 aromatic rings. The molecule has 0 heterocycles. The van der Waals surface area contributed by atoms with Crippen LogP contribution in [0.5, 0.6) is 0 Å². The van der Waals surface area contributed by atoms with Crippen LogP contribution < -0.4 is 10.6 Å². The Morgan fingerprint density at radius 3 is 2.60 bits per heavy atom. The van der Waals surface area contributed by atoms with Crippen LogP contribution in [0.1, 0.15) is 33.1 Å². The van der Waals surface area contributed by atoms with Crippen LogP contribution in [0, 0.1) is 0 Å². The summed E-state index contributed by atoms with van der Waals surface area (Å²) in [5.41, 5.74) is 0. The normalized spacial score (nSPS) is 14.1. The molecule has 0 rings (SSSR count). The Morgan fingerprint density at radius 1 is 1.35 bits per heavy atom. The third kappa shape index (κ3) is 12.6. The number of unbranched alkanes of at least 4 members (excludes halogenated alkanes) is 1. The van der Waals surface area contributed by atoms with Gasteiger partial charge in [0.15, 0.2) is 5.96 Å². The van der Waals surface area contributed by atoms with Gasteiger partial charge in [-0.15, -0.1) is 0 Å². The van der Waals surface area contributed by atoms with E-state index in [-0.39, 0.29) is 11.8 Å². The molecule has 0 amide bonds. The second kappa shape index (κ2) is 11.3. The molecule has 0 saturated carbocycles. The van der Waals surface area contributed by atoms with Crippen molar-refractivity contribution in [2.45, 2.75) is 39.2 Å². The molecule has 1 atom stereocenters. The van der Waals surface area contributed by atoms with Crippen molar-refractivity contribution in [1.29, 1.82) is 0 Å². The fourth-order valence-electron chi connectivity index (χ4n) is 1.57. The van der Waals surface area contributed by atoms with Crippen molar-refractivity contribution >= 4 is 27.6 Å². The average molecular weight is 324 g/mol. The molecule has 120 valence electrons. The van der Waals surface area contributed by atoms with Crippen molar-refractivity contribution in [2.24, 2.45) is 4.99 Å². The minimum absolute atomic E-state index is 0.0914. The van der Waals surface area contributed by atoms with Crippen LogP contribution in [0.2, 0.25) is 0 Å². The molecule has 1 unspecified atom stereocenters. The van der Waals surface area contributed by atoms with Gasteiger partial charge in [0.25, 0.3) is 0 Å². The van der Waals surface area contributed by atoms with E-state index >= 15 is 0 Å². The summed E-state index contributed by atoms with van der Waals surface area (Å²) in [6.07, 6.45) is 6.22. The third-order valence-corrected chi connectivity index (χ3v) is 4.35. The molecule has 5 nitrogen and oxygen atoms in total. The van der Waals surface area contributed by atoms with Crippen LogP contribution in [0.25, 0.3) is 0 Å². The van der Waals surface area contributed by atoms with E-state index in [0.717, 1.165) is 25.5 Å². The minimum atomic E-state index is -2.90. The average Bonchev–Trinajstić information content (AvgIpc) is 2.35. The van der Waals surface area contributed by atoms with Gasteiger partial charge in [-0.3, -0.25) is 4.99 Å². The second-order valence-corrected chi connectivity index (χ2v) is 8.17. The number of sulfone groups is 1. The maximum absolute atomic E-state index is 11.1. The van der Waals surface area contributed by atoms with Gasteiger partial charge in [-0.05, 0) is 45.1 Å². The molecule has 0 aliphatic carbocycles. The molecule has 0 bridgehead atoms. The minimum Gasteiger partial charge on any atom is -0.357 e. The van der Waals surface area contributed by atoms with Crippen LogP contribution in [-0.4, -0.2) is 57.5 Å². The van der Waals surface area contributed by atoms with Gasteiger partial charge in [0.2, 0.25) is 0 Å². The van der Waals surface area contributed by atoms with Crippen molar-refractivity contribution in [3.05, 3.63) is 0 Å². The summed E-state index contributed by atoms with van der Waals surface area (Å²) in [4.78, 5) is 4.51. The number of hydrogen-bond acceptors (Lipinski definition) is 4. The first-order chi connectivity index (χ1) is 9.39. The molecule has 7 heteroatoms. The molecule has 0 aromatic carbocycles. The molecule has 0 aliphatic heterocycles. The zero-order chi connectivity index (χ0) is 15.4. The maximum Gasteiger partial charge on any atom is 0.191 e. The van der Waals surface area contributed by atoms with Crippen LogP contribution in [0.3, 0.4) is 0 Å². The first-order valence-corrected chi connectivity index (χ1v) is 10.6. The van der Waals surface area contributed by atoms with E-state index in [2.05, 4.69) is 21.9 Å². The van der Waals surface area contributed by atoms with Crippen molar-refractivity contribution in [3.8, 4) is 0 Å². The summed E-state index contributed by atoms with van der Waals surface area (Å²) in [5, 5.41) is 6.44. The number of aliphatic imine (C=N–C) groups is 1. The summed E-state index contributed by atoms with van der Waals surface area (Å²) in [6.45, 7) is 5.60. The Morgan fingerprint density at radius 2 is 2.05 bits per heavy atom. The van der Waals surface area contributed by atoms with Crippen LogP contribution in [0.4, 0.5) is 0 Å². The van der Waals surface area contributed by atoms with Gasteiger partial charge in [0.05, 0.1) is 5.75 Å². The first kappa shape index (κ1) is 19.6. The molecule has 0 fully saturated rings. The smallest absolute Gasteiger partial charge is 0.191 e. The summed E-state index contributed by atoms with van der Waals surface area (Å²) in [6, 6.07) is 0.0914. The van der Waals surface area contributed by atoms with E-state index in [0.29, 0.717) is 6.42 Å². The predicted octanol–water partition coefficient (Wildman–Crippen LogP) is 1.51. The van der Waals surface area contributed by atoms with Crippen molar-refractivity contribution < 1.29 is 8.42 Å². The fraction of sp³-hybridized carbons (Fsp3) is 0.923. The lowest BCUT2D eigenvalue weighted by Gasteiger charge is -2.17. The van der Waals surface area contributed by atoms with E-state index in [4.69, 9.17) is 0 Å². The molecule has 0 aliphatic rings. The quantitative estimate of drug-likeness (QED) is 0.362. The van der Waals surface area contributed by atoms with Crippen LogP contribution >= 0.6 is 11.8 Å². The highest BCUT2D eigenvalue weighted by Gasteiger charge is 2.09. The van der Waals surface area contributed by atoms with Gasteiger partial charge in [-0.1, -0.05) is 0 Å². The van der Waals surface area contributed by atoms with E-state index < -0.39 is 9.84 Å². The summed E-state index contributed by atoms with van der Waals surface area (Å²) in [5.74, 6) is 2.15. The SMILES string of the molecule is CCNC(=NCCCCSC)NC(C)CCS(C)(=O)=O. The standard InChI is InChI=1S/C13H29N3O2S2/c1-5-14-13(15-9-6-7-10-19-3)16-12(2)8-11-20(4,17)18/h12H,5-11H2,1-4H3,(H2,14,15,16). The van der Waals surface area contributed by atoms with E-state index in [1.807, 2.05) is 25.6 Å². The fourth-order valence-corrected chi connectivity index (χ4v) is 2.84. The molecular weight excluding hydrogens is 294 g/mol. The number of nitrogens with zero attached hydrogens (tertiary/aromatic N) is 1. The van der Waals surface area contributed by atoms with Crippen molar-refractivity contribution in [1.82, 2.24) is 10.6 Å². The predicted molar refractivity (Wildman–Crippen MR) is 90.5 cm³/mol. The second-order valence-electron chi connectivity index (χ2n) is 4.92. The van der Waals surface area contributed by atoms with Crippen molar-refractivity contribution in [3.63, 3.8) is 0 Å². The zero-order valence-electron chi connectivity index (χ0n) is 13.1. The molecule has 0 spiro atoms. The van der Waals surface area contributed by atoms with Gasteiger partial charge in [-0.2, -0.15) is 11.8 Å². The van der Waals surface area contributed by atoms with Gasteiger partial charge in [0.1, 0.15) is 9.84 Å². The molecule has 0 saturated heterocycles. The Bertz CT molecular complexity index is 370. The van der Waals surface area contributed by atoms with Crippen molar-refractivity contribution in [2.75, 3.05) is 37.1 Å². The lowest BCUT2D eigenvalue weighted by molar-refractivity contribution is 0.581. The lowest BCUT2D eigenvalue weighted by atomic mass is 10.3. The molecule has 0 aromatic heterocycles. The van der Waals surface area contributed by atoms with Gasteiger partial charge in [0, 0.05) is 25.4 Å². The Hall–Kier alpha value is -0.430. The molecular formula is C13H29N3O2S2. The zero-order valence-corrected chi connectivity index (χ0v) is 14.7. The Balaban J connectivity index is 4.13. The molecule has 20 heavy (non-hydrogen) atoms. The van der Waals surface area contributed by atoms with E-state index in [1.165, 1.54) is 18.4 Å². The van der Waals surface area contributed by atoms with Gasteiger partial charge in [-0.25, -0.2) is 8.42 Å². The Labute approximate surface area is 128 Å². The monoisotopic (exact) mass is 323 g/mol. The summed E-state index contributed by atoms with van der Waals surface area (Å²) >= 11 is 1.85. The number of hydrogen-bond donors (Lipinski definition) is 2. The number of guanidine groups is 1. The highest BCUT2D eigenvalue weighted by atomic mass is 32.2. The highest BCUT2D eigenvalue weighted by molar-refractivity contribution is 7.98. The van der Waals surface area contributed by atoms with Crippen LogP contribution in [0.15, 0.2) is 4.99 Å². The van der Waals surface area contributed by atoms with Gasteiger partial charge < -0.3 is 10.6 Å². The third-order valence-electron chi connectivity index (χ3n) is 2.68.